The van der Waals surface area contributed by atoms with Gasteiger partial charge < -0.3 is 5.32 Å². The molecule has 1 aromatic carbocycles. The van der Waals surface area contributed by atoms with Crippen molar-refractivity contribution in [2.24, 2.45) is 0 Å². The molecule has 2 N–H and O–H groups in total. The number of benzene rings is 1. The average molecular weight is 315 g/mol. The number of anilines is 1. The van der Waals surface area contributed by atoms with Crippen molar-refractivity contribution in [2.75, 3.05) is 11.6 Å². The van der Waals surface area contributed by atoms with Gasteiger partial charge in [0.1, 0.15) is 0 Å². The van der Waals surface area contributed by atoms with Gasteiger partial charge in [-0.15, -0.1) is 11.8 Å². The van der Waals surface area contributed by atoms with Crippen LogP contribution in [-0.2, 0) is 4.79 Å². The second-order valence-corrected chi connectivity index (χ2v) is 5.99. The Balaban J connectivity index is 1.91. The lowest BCUT2D eigenvalue weighted by Gasteiger charge is -2.20. The van der Waals surface area contributed by atoms with Gasteiger partial charge in [0, 0.05) is 29.0 Å². The van der Waals surface area contributed by atoms with E-state index in [-0.39, 0.29) is 18.0 Å². The van der Waals surface area contributed by atoms with Gasteiger partial charge in [-0.05, 0) is 62.1 Å². The molecule has 0 fully saturated rings. The van der Waals surface area contributed by atoms with Crippen LogP contribution < -0.4 is 10.6 Å². The summed E-state index contributed by atoms with van der Waals surface area (Å²) in [5, 5.41) is 6.22. The molecule has 2 rings (SSSR count). The first-order chi connectivity index (χ1) is 10.6. The Morgan fingerprint density at radius 2 is 1.73 bits per heavy atom. The number of carbonyl (C=O) groups excluding carboxylic acids is 1. The summed E-state index contributed by atoms with van der Waals surface area (Å²) >= 11 is 1.68. The van der Waals surface area contributed by atoms with E-state index < -0.39 is 0 Å². The van der Waals surface area contributed by atoms with E-state index in [1.165, 1.54) is 4.90 Å². The molecular formula is C17H21N3OS. The minimum absolute atomic E-state index is 0.0437. The molecule has 0 bridgehead atoms. The van der Waals surface area contributed by atoms with Gasteiger partial charge in [0.15, 0.2) is 0 Å². The van der Waals surface area contributed by atoms with Crippen molar-refractivity contribution >= 4 is 23.4 Å². The summed E-state index contributed by atoms with van der Waals surface area (Å²) in [4.78, 5) is 17.4. The zero-order chi connectivity index (χ0) is 15.9. The van der Waals surface area contributed by atoms with Gasteiger partial charge in [0.05, 0.1) is 6.04 Å². The average Bonchev–Trinajstić information content (AvgIpc) is 2.56. The lowest BCUT2D eigenvalue weighted by molar-refractivity contribution is -0.117. The largest absolute Gasteiger partial charge is 0.325 e. The van der Waals surface area contributed by atoms with Crippen LogP contribution in [0.25, 0.3) is 0 Å². The summed E-state index contributed by atoms with van der Waals surface area (Å²) in [7, 11) is 0. The summed E-state index contributed by atoms with van der Waals surface area (Å²) in [6.07, 6.45) is 5.54. The number of nitrogens with zero attached hydrogens (tertiary/aromatic N) is 1. The minimum Gasteiger partial charge on any atom is -0.325 e. The van der Waals surface area contributed by atoms with Crippen LogP contribution in [0.15, 0.2) is 53.7 Å². The predicted molar refractivity (Wildman–Crippen MR) is 92.1 cm³/mol. The number of hydrogen-bond donors (Lipinski definition) is 2. The number of hydrogen-bond acceptors (Lipinski definition) is 4. The number of nitrogens with one attached hydrogen (secondary N) is 2. The van der Waals surface area contributed by atoms with Gasteiger partial charge in [-0.3, -0.25) is 15.1 Å². The third kappa shape index (κ3) is 4.58. The van der Waals surface area contributed by atoms with Crippen LogP contribution in [0.2, 0.25) is 0 Å². The molecule has 0 saturated carbocycles. The van der Waals surface area contributed by atoms with E-state index in [0.29, 0.717) is 0 Å². The van der Waals surface area contributed by atoms with E-state index >= 15 is 0 Å². The molecule has 0 spiro atoms. The van der Waals surface area contributed by atoms with Crippen molar-refractivity contribution in [3.05, 3.63) is 54.4 Å². The van der Waals surface area contributed by atoms with Crippen LogP contribution >= 0.6 is 11.8 Å². The molecule has 0 saturated heterocycles. The first-order valence-electron chi connectivity index (χ1n) is 7.21. The standard InChI is InChI=1S/C17H21N3OS/c1-12(14-8-10-18-11-9-14)19-13(2)17(21)20-15-4-6-16(22-3)7-5-15/h4-13,19H,1-3H3,(H,20,21). The molecule has 0 aliphatic rings. The molecule has 2 aromatic rings. The maximum Gasteiger partial charge on any atom is 0.241 e. The van der Waals surface area contributed by atoms with Gasteiger partial charge in [0.2, 0.25) is 5.91 Å². The lowest BCUT2D eigenvalue weighted by Crippen LogP contribution is -2.39. The fourth-order valence-corrected chi connectivity index (χ4v) is 2.53. The monoisotopic (exact) mass is 315 g/mol. The Kier molecular flexibility index (Phi) is 5.98. The molecular weight excluding hydrogens is 294 g/mol. The minimum atomic E-state index is -0.289. The highest BCUT2D eigenvalue weighted by molar-refractivity contribution is 7.98. The molecule has 0 radical (unpaired) electrons. The van der Waals surface area contributed by atoms with E-state index in [0.717, 1.165) is 11.3 Å². The van der Waals surface area contributed by atoms with Crippen molar-refractivity contribution < 1.29 is 4.79 Å². The maximum absolute atomic E-state index is 12.2. The highest BCUT2D eigenvalue weighted by Gasteiger charge is 2.16. The number of thioether (sulfide) groups is 1. The Hall–Kier alpha value is -1.85. The first-order valence-corrected chi connectivity index (χ1v) is 8.43. The van der Waals surface area contributed by atoms with Crippen LogP contribution in [-0.4, -0.2) is 23.2 Å². The topological polar surface area (TPSA) is 54.0 Å². The van der Waals surface area contributed by atoms with Crippen molar-refractivity contribution in [3.63, 3.8) is 0 Å². The fourth-order valence-electron chi connectivity index (χ4n) is 2.12. The zero-order valence-corrected chi connectivity index (χ0v) is 13.9. The molecule has 22 heavy (non-hydrogen) atoms. The molecule has 5 heteroatoms. The quantitative estimate of drug-likeness (QED) is 0.801. The molecule has 0 aliphatic heterocycles. The van der Waals surface area contributed by atoms with E-state index in [1.807, 2.05) is 56.5 Å². The lowest BCUT2D eigenvalue weighted by atomic mass is 10.1. The maximum atomic E-state index is 12.2. The molecule has 2 unspecified atom stereocenters. The van der Waals surface area contributed by atoms with Gasteiger partial charge in [0.25, 0.3) is 0 Å². The van der Waals surface area contributed by atoms with Crippen molar-refractivity contribution in [3.8, 4) is 0 Å². The molecule has 4 nitrogen and oxygen atoms in total. The Morgan fingerprint density at radius 1 is 1.09 bits per heavy atom. The smallest absolute Gasteiger partial charge is 0.241 e. The van der Waals surface area contributed by atoms with Crippen molar-refractivity contribution in [1.82, 2.24) is 10.3 Å². The van der Waals surface area contributed by atoms with Crippen LogP contribution in [0, 0.1) is 0 Å². The zero-order valence-electron chi connectivity index (χ0n) is 13.0. The second kappa shape index (κ2) is 7.96. The van der Waals surface area contributed by atoms with Crippen LogP contribution in [0.1, 0.15) is 25.5 Å². The van der Waals surface area contributed by atoms with Gasteiger partial charge in [-0.2, -0.15) is 0 Å². The number of amides is 1. The van der Waals surface area contributed by atoms with Crippen molar-refractivity contribution in [1.29, 1.82) is 0 Å². The van der Waals surface area contributed by atoms with E-state index in [2.05, 4.69) is 15.6 Å². The van der Waals surface area contributed by atoms with Crippen LogP contribution in [0.5, 0.6) is 0 Å². The highest BCUT2D eigenvalue weighted by atomic mass is 32.2. The fraction of sp³-hybridized carbons (Fsp3) is 0.294. The SMILES string of the molecule is CSc1ccc(NC(=O)C(C)NC(C)c2ccncc2)cc1. The Morgan fingerprint density at radius 3 is 2.32 bits per heavy atom. The number of carbonyl (C=O) groups is 1. The van der Waals surface area contributed by atoms with Crippen molar-refractivity contribution in [2.45, 2.75) is 30.8 Å². The second-order valence-electron chi connectivity index (χ2n) is 5.11. The Bertz CT molecular complexity index is 601. The van der Waals surface area contributed by atoms with Gasteiger partial charge >= 0.3 is 0 Å². The van der Waals surface area contributed by atoms with Gasteiger partial charge in [-0.1, -0.05) is 0 Å². The van der Waals surface area contributed by atoms with E-state index in [9.17, 15) is 4.79 Å². The summed E-state index contributed by atoms with van der Waals surface area (Å²) < 4.78 is 0. The predicted octanol–water partition coefficient (Wildman–Crippen LogP) is 3.48. The summed E-state index contributed by atoms with van der Waals surface area (Å²) in [6.45, 7) is 3.90. The molecule has 2 atom stereocenters. The molecule has 116 valence electrons. The summed E-state index contributed by atoms with van der Waals surface area (Å²) in [5.41, 5.74) is 1.92. The third-order valence-electron chi connectivity index (χ3n) is 3.46. The molecule has 1 heterocycles. The summed E-state index contributed by atoms with van der Waals surface area (Å²) in [6, 6.07) is 11.5. The summed E-state index contributed by atoms with van der Waals surface area (Å²) in [5.74, 6) is -0.0437. The van der Waals surface area contributed by atoms with Crippen LogP contribution in [0.3, 0.4) is 0 Å². The number of pyridine rings is 1. The van der Waals surface area contributed by atoms with Crippen LogP contribution in [0.4, 0.5) is 5.69 Å². The molecule has 1 aromatic heterocycles. The van der Waals surface area contributed by atoms with E-state index in [4.69, 9.17) is 0 Å². The number of rotatable bonds is 6. The third-order valence-corrected chi connectivity index (χ3v) is 4.20. The number of aromatic nitrogens is 1. The first kappa shape index (κ1) is 16.5. The molecule has 1 amide bonds. The molecule has 0 aliphatic carbocycles. The highest BCUT2D eigenvalue weighted by Crippen LogP contribution is 2.18. The van der Waals surface area contributed by atoms with Gasteiger partial charge in [-0.25, -0.2) is 0 Å². The normalized spacial score (nSPS) is 13.4. The van der Waals surface area contributed by atoms with E-state index in [1.54, 1.807) is 24.2 Å². The Labute approximate surface area is 135 Å².